The average Bonchev–Trinajstić information content (AvgIpc) is 3.28. The molecule has 0 saturated carbocycles. The van der Waals surface area contributed by atoms with Crippen LogP contribution in [0.5, 0.6) is 0 Å². The van der Waals surface area contributed by atoms with E-state index >= 15 is 0 Å². The number of esters is 1. The van der Waals surface area contributed by atoms with Gasteiger partial charge in [-0.15, -0.1) is 0 Å². The highest BCUT2D eigenvalue weighted by atomic mass is 16.5. The molecule has 368 valence electrons. The minimum atomic E-state index is -0.795. The molecule has 0 bridgehead atoms. The molecule has 6 nitrogen and oxygen atoms in total. The summed E-state index contributed by atoms with van der Waals surface area (Å²) in [6.45, 7) is 6.36. The lowest BCUT2D eigenvalue weighted by molar-refractivity contribution is -0.151. The second-order valence-corrected chi connectivity index (χ2v) is 18.7. The third-order valence-electron chi connectivity index (χ3n) is 12.5. The Morgan fingerprint density at radius 2 is 0.873 bits per heavy atom. The SMILES string of the molecule is CC/C=C/C=C/C=C\CCCCCCCC(=O)OC(CCCCC/C=C/CCCCCCCCC)CC(=O)NC(CO)C(O)CCCCCCCCCCCCCCCCCCC. The fourth-order valence-electron chi connectivity index (χ4n) is 8.31. The highest BCUT2D eigenvalue weighted by Gasteiger charge is 2.24. The highest BCUT2D eigenvalue weighted by Crippen LogP contribution is 2.18. The van der Waals surface area contributed by atoms with Crippen molar-refractivity contribution < 1.29 is 24.5 Å². The molecule has 1 amide bonds. The number of nitrogens with one attached hydrogen (secondary N) is 1. The first-order valence-electron chi connectivity index (χ1n) is 27.4. The number of unbranched alkanes of at least 4 members (excludes halogenated alkanes) is 31. The van der Waals surface area contributed by atoms with Gasteiger partial charge in [-0.2, -0.15) is 0 Å². The van der Waals surface area contributed by atoms with Crippen molar-refractivity contribution >= 4 is 11.9 Å². The van der Waals surface area contributed by atoms with Crippen LogP contribution in [0.4, 0.5) is 0 Å². The van der Waals surface area contributed by atoms with Gasteiger partial charge in [-0.05, 0) is 70.6 Å². The van der Waals surface area contributed by atoms with E-state index < -0.39 is 18.2 Å². The summed E-state index contributed by atoms with van der Waals surface area (Å²) in [6, 6.07) is -0.711. The van der Waals surface area contributed by atoms with Gasteiger partial charge < -0.3 is 20.3 Å². The second kappa shape index (κ2) is 50.8. The van der Waals surface area contributed by atoms with E-state index in [0.717, 1.165) is 96.3 Å². The van der Waals surface area contributed by atoms with Gasteiger partial charge in [-0.1, -0.05) is 243 Å². The van der Waals surface area contributed by atoms with Gasteiger partial charge in [0.15, 0.2) is 0 Å². The van der Waals surface area contributed by atoms with Crippen LogP contribution in [0.15, 0.2) is 48.6 Å². The van der Waals surface area contributed by atoms with Gasteiger partial charge in [0.2, 0.25) is 5.91 Å². The molecule has 0 radical (unpaired) electrons. The molecule has 3 unspecified atom stereocenters. The third kappa shape index (κ3) is 46.2. The van der Waals surface area contributed by atoms with Crippen molar-refractivity contribution in [2.24, 2.45) is 0 Å². The smallest absolute Gasteiger partial charge is 0.306 e. The summed E-state index contributed by atoms with van der Waals surface area (Å²) in [6.07, 6.45) is 61.7. The lowest BCUT2D eigenvalue weighted by Crippen LogP contribution is -2.46. The van der Waals surface area contributed by atoms with Crippen molar-refractivity contribution in [1.29, 1.82) is 0 Å². The maximum atomic E-state index is 13.2. The second-order valence-electron chi connectivity index (χ2n) is 18.7. The minimum absolute atomic E-state index is 0.0596. The van der Waals surface area contributed by atoms with Crippen LogP contribution in [0.1, 0.15) is 278 Å². The Bertz CT molecular complexity index is 1080. The number of carbonyl (C=O) groups is 2. The van der Waals surface area contributed by atoms with E-state index in [4.69, 9.17) is 4.74 Å². The number of hydrogen-bond acceptors (Lipinski definition) is 5. The van der Waals surface area contributed by atoms with Crippen LogP contribution in [-0.2, 0) is 14.3 Å². The Morgan fingerprint density at radius 1 is 0.476 bits per heavy atom. The first-order chi connectivity index (χ1) is 31.0. The molecule has 0 heterocycles. The normalized spacial score (nSPS) is 13.5. The first-order valence-corrected chi connectivity index (χ1v) is 27.4. The van der Waals surface area contributed by atoms with Gasteiger partial charge in [-0.3, -0.25) is 9.59 Å². The van der Waals surface area contributed by atoms with Gasteiger partial charge in [0.1, 0.15) is 6.10 Å². The number of aliphatic hydroxyl groups excluding tert-OH is 2. The molecule has 0 aromatic carbocycles. The van der Waals surface area contributed by atoms with Crippen LogP contribution in [0.2, 0.25) is 0 Å². The molecular formula is C57H105NO5. The van der Waals surface area contributed by atoms with Crippen LogP contribution in [-0.4, -0.2) is 46.9 Å². The van der Waals surface area contributed by atoms with Crippen molar-refractivity contribution in [2.45, 2.75) is 296 Å². The van der Waals surface area contributed by atoms with Gasteiger partial charge in [0.25, 0.3) is 0 Å². The summed E-state index contributed by atoms with van der Waals surface area (Å²) in [7, 11) is 0. The summed E-state index contributed by atoms with van der Waals surface area (Å²) in [4.78, 5) is 26.2. The predicted molar refractivity (Wildman–Crippen MR) is 273 cm³/mol. The van der Waals surface area contributed by atoms with Crippen molar-refractivity contribution in [3.05, 3.63) is 48.6 Å². The summed E-state index contributed by atoms with van der Waals surface area (Å²) >= 11 is 0. The first kappa shape index (κ1) is 60.8. The molecule has 0 aromatic heterocycles. The quantitative estimate of drug-likeness (QED) is 0.0245. The Balaban J connectivity index is 4.55. The van der Waals surface area contributed by atoms with E-state index in [1.54, 1.807) is 0 Å². The van der Waals surface area contributed by atoms with Gasteiger partial charge >= 0.3 is 5.97 Å². The number of hydrogen-bond donors (Lipinski definition) is 3. The molecule has 0 aliphatic carbocycles. The van der Waals surface area contributed by atoms with Gasteiger partial charge in [0.05, 0.1) is 25.2 Å². The van der Waals surface area contributed by atoms with E-state index in [1.165, 1.54) is 135 Å². The van der Waals surface area contributed by atoms with Crippen LogP contribution >= 0.6 is 0 Å². The van der Waals surface area contributed by atoms with Crippen molar-refractivity contribution in [1.82, 2.24) is 5.32 Å². The van der Waals surface area contributed by atoms with E-state index in [1.807, 2.05) is 0 Å². The highest BCUT2D eigenvalue weighted by molar-refractivity contribution is 5.77. The Hall–Kier alpha value is -2.18. The topological polar surface area (TPSA) is 95.9 Å². The monoisotopic (exact) mass is 884 g/mol. The largest absolute Gasteiger partial charge is 0.462 e. The Morgan fingerprint density at radius 3 is 1.35 bits per heavy atom. The lowest BCUT2D eigenvalue weighted by atomic mass is 10.0. The van der Waals surface area contributed by atoms with Crippen LogP contribution in [0, 0.1) is 0 Å². The predicted octanol–water partition coefficient (Wildman–Crippen LogP) is 16.6. The molecule has 0 aliphatic rings. The maximum absolute atomic E-state index is 13.2. The zero-order chi connectivity index (χ0) is 45.9. The molecule has 0 aliphatic heterocycles. The van der Waals surface area contributed by atoms with Crippen molar-refractivity contribution in [3.8, 4) is 0 Å². The summed E-state index contributed by atoms with van der Waals surface area (Å²) in [5.41, 5.74) is 0. The standard InChI is InChI=1S/C57H105NO5/c1-4-7-10-13-16-19-22-25-27-28-29-32-34-37-40-43-46-49-55(60)54(52-59)58-56(61)51-53(48-45-42-39-36-33-31-26-23-20-17-14-11-8-5-2)63-57(62)50-47-44-41-38-35-30-24-21-18-15-12-9-6-3/h9,12,15,18,21,24,31,33,53-55,59-60H,4-8,10-11,13-14,16-17,19-20,22-23,25-30,32,34-52H2,1-3H3,(H,58,61)/b12-9+,18-15+,24-21-,33-31+. The molecule has 6 heteroatoms. The number of amides is 1. The van der Waals surface area contributed by atoms with Crippen LogP contribution < -0.4 is 5.32 Å². The van der Waals surface area contributed by atoms with Crippen LogP contribution in [0.3, 0.4) is 0 Å². The average molecular weight is 884 g/mol. The van der Waals surface area contributed by atoms with Gasteiger partial charge in [-0.25, -0.2) is 0 Å². The summed E-state index contributed by atoms with van der Waals surface area (Å²) in [5.74, 6) is -0.506. The van der Waals surface area contributed by atoms with E-state index in [-0.39, 0.29) is 24.9 Å². The molecule has 0 rings (SSSR count). The van der Waals surface area contributed by atoms with Crippen LogP contribution in [0.25, 0.3) is 0 Å². The van der Waals surface area contributed by atoms with E-state index in [0.29, 0.717) is 19.3 Å². The summed E-state index contributed by atoms with van der Waals surface area (Å²) in [5, 5.41) is 23.8. The van der Waals surface area contributed by atoms with Gasteiger partial charge in [0, 0.05) is 6.42 Å². The number of rotatable bonds is 49. The minimum Gasteiger partial charge on any atom is -0.462 e. The number of aliphatic hydroxyl groups is 2. The molecule has 3 atom stereocenters. The summed E-state index contributed by atoms with van der Waals surface area (Å²) < 4.78 is 5.92. The fraction of sp³-hybridized carbons (Fsp3) is 0.825. The molecule has 0 saturated heterocycles. The molecule has 0 fully saturated rings. The van der Waals surface area contributed by atoms with E-state index in [2.05, 4.69) is 74.7 Å². The number of carbonyl (C=O) groups excluding carboxylic acids is 2. The molecule has 0 spiro atoms. The molecular weight excluding hydrogens is 779 g/mol. The fourth-order valence-corrected chi connectivity index (χ4v) is 8.31. The zero-order valence-corrected chi connectivity index (χ0v) is 42.0. The molecule has 3 N–H and O–H groups in total. The number of allylic oxidation sites excluding steroid dienone is 8. The van der Waals surface area contributed by atoms with Crippen molar-refractivity contribution in [3.63, 3.8) is 0 Å². The van der Waals surface area contributed by atoms with Crippen molar-refractivity contribution in [2.75, 3.05) is 6.61 Å². The number of ether oxygens (including phenoxy) is 1. The molecule has 0 aromatic rings. The maximum Gasteiger partial charge on any atom is 0.306 e. The molecule has 63 heavy (non-hydrogen) atoms. The lowest BCUT2D eigenvalue weighted by Gasteiger charge is -2.24. The zero-order valence-electron chi connectivity index (χ0n) is 42.0. The Labute approximate surface area is 391 Å². The third-order valence-corrected chi connectivity index (χ3v) is 12.5. The Kier molecular flexibility index (Phi) is 49.1. The van der Waals surface area contributed by atoms with E-state index in [9.17, 15) is 19.8 Å².